The van der Waals surface area contributed by atoms with E-state index in [0.29, 0.717) is 37.4 Å². The van der Waals surface area contributed by atoms with E-state index in [2.05, 4.69) is 19.9 Å². The van der Waals surface area contributed by atoms with E-state index in [9.17, 15) is 9.59 Å². The van der Waals surface area contributed by atoms with Crippen LogP contribution >= 0.6 is 0 Å². The molecule has 0 atom stereocenters. The lowest BCUT2D eigenvalue weighted by Crippen LogP contribution is -2.40. The Kier molecular flexibility index (Phi) is 5.92. The van der Waals surface area contributed by atoms with Crippen LogP contribution in [0.3, 0.4) is 0 Å². The topological polar surface area (TPSA) is 68.2 Å². The Balaban J connectivity index is 1.52. The number of ether oxygens (including phenoxy) is 2. The molecule has 0 radical (unpaired) electrons. The van der Waals surface area contributed by atoms with E-state index in [1.165, 1.54) is 5.56 Å². The summed E-state index contributed by atoms with van der Waals surface area (Å²) in [6.07, 6.45) is 1.03. The molecule has 0 N–H and O–H groups in total. The van der Waals surface area contributed by atoms with E-state index >= 15 is 0 Å². The Morgan fingerprint density at radius 2 is 1.74 bits per heavy atom. The van der Waals surface area contributed by atoms with E-state index < -0.39 is 0 Å². The predicted octanol–water partition coefficient (Wildman–Crippen LogP) is 3.56. The molecule has 2 aromatic carbocycles. The van der Waals surface area contributed by atoms with E-state index in [1.807, 2.05) is 12.1 Å². The summed E-state index contributed by atoms with van der Waals surface area (Å²) in [6.45, 7) is 6.48. The highest BCUT2D eigenvalue weighted by Gasteiger charge is 2.28. The van der Waals surface area contributed by atoms with Crippen molar-refractivity contribution < 1.29 is 19.1 Å². The van der Waals surface area contributed by atoms with Crippen molar-refractivity contribution in [3.63, 3.8) is 0 Å². The number of methoxy groups -OCH3 is 1. The first kappa shape index (κ1) is 21.2. The van der Waals surface area contributed by atoms with Crippen LogP contribution in [0.4, 0.5) is 0 Å². The number of carbonyl (C=O) groups is 2. The van der Waals surface area contributed by atoms with E-state index in [1.54, 1.807) is 36.3 Å². The first-order valence-electron chi connectivity index (χ1n) is 10.6. The van der Waals surface area contributed by atoms with Crippen molar-refractivity contribution in [3.8, 4) is 5.75 Å². The molecule has 2 aromatic rings. The maximum atomic E-state index is 13.0. The van der Waals surface area contributed by atoms with Gasteiger partial charge in [0.1, 0.15) is 5.75 Å². The Morgan fingerprint density at radius 1 is 1.06 bits per heavy atom. The van der Waals surface area contributed by atoms with Gasteiger partial charge in [0.15, 0.2) is 5.78 Å². The van der Waals surface area contributed by atoms with Gasteiger partial charge in [0.05, 0.1) is 38.0 Å². The van der Waals surface area contributed by atoms with Crippen LogP contribution in [-0.4, -0.2) is 61.3 Å². The summed E-state index contributed by atoms with van der Waals surface area (Å²) in [4.78, 5) is 32.3. The number of morpholine rings is 1. The second-order valence-corrected chi connectivity index (χ2v) is 8.65. The molecule has 2 heterocycles. The van der Waals surface area contributed by atoms with Gasteiger partial charge in [-0.3, -0.25) is 14.6 Å². The number of amides is 1. The molecule has 162 valence electrons. The molecule has 31 heavy (non-hydrogen) atoms. The predicted molar refractivity (Wildman–Crippen MR) is 119 cm³/mol. The van der Waals surface area contributed by atoms with Gasteiger partial charge in [-0.2, -0.15) is 0 Å². The van der Waals surface area contributed by atoms with Crippen molar-refractivity contribution in [2.45, 2.75) is 32.2 Å². The molecule has 0 unspecified atom stereocenters. The number of Topliss-reactive ketones (excluding diaryl/α,β-unsaturated/α-hetero) is 1. The minimum absolute atomic E-state index is 0.0180. The van der Waals surface area contributed by atoms with Crippen LogP contribution in [-0.2, 0) is 11.2 Å². The average Bonchev–Trinajstić information content (AvgIpc) is 2.78. The van der Waals surface area contributed by atoms with Crippen LogP contribution in [0.5, 0.6) is 5.75 Å². The average molecular weight is 421 g/mol. The standard InChI is InChI=1S/C25H28N2O4/c1-25(2)16-19-8-9-20(30-3)14-21(19)22(26-25)15-23(28)17-4-6-18(7-5-17)24(29)27-10-12-31-13-11-27/h4-9,14H,10-13,15-16H2,1-3H3. The van der Waals surface area contributed by atoms with Gasteiger partial charge < -0.3 is 14.4 Å². The van der Waals surface area contributed by atoms with Crippen molar-refractivity contribution in [1.82, 2.24) is 4.90 Å². The molecule has 1 saturated heterocycles. The highest BCUT2D eigenvalue weighted by atomic mass is 16.5. The van der Waals surface area contributed by atoms with Gasteiger partial charge in [-0.05, 0) is 50.1 Å². The van der Waals surface area contributed by atoms with Crippen LogP contribution in [0, 0.1) is 0 Å². The van der Waals surface area contributed by atoms with Crippen LogP contribution in [0.15, 0.2) is 47.5 Å². The molecule has 0 saturated carbocycles. The van der Waals surface area contributed by atoms with Crippen molar-refractivity contribution in [2.24, 2.45) is 4.99 Å². The number of ketones is 1. The lowest BCUT2D eigenvalue weighted by Gasteiger charge is -2.29. The molecule has 2 aliphatic heterocycles. The summed E-state index contributed by atoms with van der Waals surface area (Å²) in [7, 11) is 1.64. The highest BCUT2D eigenvalue weighted by molar-refractivity contribution is 6.17. The number of rotatable bonds is 5. The zero-order valence-electron chi connectivity index (χ0n) is 18.3. The summed E-state index contributed by atoms with van der Waals surface area (Å²) >= 11 is 0. The van der Waals surface area contributed by atoms with Crippen molar-refractivity contribution in [3.05, 3.63) is 64.7 Å². The lowest BCUT2D eigenvalue weighted by molar-refractivity contribution is 0.0303. The summed E-state index contributed by atoms with van der Waals surface area (Å²) in [5.74, 6) is 0.710. The molecule has 2 aliphatic rings. The fraction of sp³-hybridized carbons (Fsp3) is 0.400. The number of benzene rings is 2. The first-order valence-corrected chi connectivity index (χ1v) is 10.6. The molecule has 6 nitrogen and oxygen atoms in total. The SMILES string of the molecule is COc1ccc2c(c1)C(CC(=O)c1ccc(C(=O)N3CCOCC3)cc1)=NC(C)(C)C2. The summed E-state index contributed by atoms with van der Waals surface area (Å²) < 4.78 is 10.7. The molecule has 1 fully saturated rings. The van der Waals surface area contributed by atoms with Crippen LogP contribution < -0.4 is 4.74 Å². The van der Waals surface area contributed by atoms with Crippen LogP contribution in [0.2, 0.25) is 0 Å². The second-order valence-electron chi connectivity index (χ2n) is 8.65. The molecule has 0 spiro atoms. The Morgan fingerprint density at radius 3 is 2.42 bits per heavy atom. The van der Waals surface area contributed by atoms with E-state index in [0.717, 1.165) is 23.4 Å². The van der Waals surface area contributed by atoms with Gasteiger partial charge in [-0.25, -0.2) is 0 Å². The maximum absolute atomic E-state index is 13.0. The lowest BCUT2D eigenvalue weighted by atomic mass is 9.85. The Labute approximate surface area is 182 Å². The molecule has 6 heteroatoms. The van der Waals surface area contributed by atoms with Crippen molar-refractivity contribution in [1.29, 1.82) is 0 Å². The van der Waals surface area contributed by atoms with Crippen LogP contribution in [0.25, 0.3) is 0 Å². The zero-order valence-corrected chi connectivity index (χ0v) is 18.3. The normalized spacial score (nSPS) is 17.5. The number of fused-ring (bicyclic) bond motifs is 1. The van der Waals surface area contributed by atoms with E-state index in [4.69, 9.17) is 14.5 Å². The van der Waals surface area contributed by atoms with Crippen molar-refractivity contribution >= 4 is 17.4 Å². The molecule has 0 aliphatic carbocycles. The maximum Gasteiger partial charge on any atom is 0.254 e. The first-order chi connectivity index (χ1) is 14.9. The third-order valence-corrected chi connectivity index (χ3v) is 5.77. The largest absolute Gasteiger partial charge is 0.497 e. The van der Waals surface area contributed by atoms with Gasteiger partial charge in [-0.1, -0.05) is 18.2 Å². The van der Waals surface area contributed by atoms with Gasteiger partial charge in [0.25, 0.3) is 5.91 Å². The zero-order chi connectivity index (χ0) is 22.0. The second kappa shape index (κ2) is 8.63. The third-order valence-electron chi connectivity index (χ3n) is 5.77. The highest BCUT2D eigenvalue weighted by Crippen LogP contribution is 2.31. The summed E-state index contributed by atoms with van der Waals surface area (Å²) in [5, 5.41) is 0. The molecule has 1 amide bonds. The van der Waals surface area contributed by atoms with Crippen molar-refractivity contribution in [2.75, 3.05) is 33.4 Å². The fourth-order valence-corrected chi connectivity index (χ4v) is 4.17. The molecule has 0 bridgehead atoms. The summed E-state index contributed by atoms with van der Waals surface area (Å²) in [5.41, 5.74) is 3.84. The minimum Gasteiger partial charge on any atom is -0.497 e. The molecular formula is C25H28N2O4. The van der Waals surface area contributed by atoms with Gasteiger partial charge in [0.2, 0.25) is 0 Å². The molecule has 0 aromatic heterocycles. The monoisotopic (exact) mass is 420 g/mol. The summed E-state index contributed by atoms with van der Waals surface area (Å²) in [6, 6.07) is 12.9. The molecule has 4 rings (SSSR count). The Bertz CT molecular complexity index is 1020. The number of hydrogen-bond donors (Lipinski definition) is 0. The van der Waals surface area contributed by atoms with Gasteiger partial charge in [0, 0.05) is 29.8 Å². The quantitative estimate of drug-likeness (QED) is 0.694. The smallest absolute Gasteiger partial charge is 0.254 e. The number of hydrogen-bond acceptors (Lipinski definition) is 5. The number of aliphatic imine (C=N–C) groups is 1. The van der Waals surface area contributed by atoms with Crippen LogP contribution in [0.1, 0.15) is 52.1 Å². The van der Waals surface area contributed by atoms with Gasteiger partial charge in [-0.15, -0.1) is 0 Å². The molecular weight excluding hydrogens is 392 g/mol. The third kappa shape index (κ3) is 4.69. The number of carbonyl (C=O) groups excluding carboxylic acids is 2. The fourth-order valence-electron chi connectivity index (χ4n) is 4.17. The van der Waals surface area contributed by atoms with Gasteiger partial charge >= 0.3 is 0 Å². The number of nitrogens with zero attached hydrogens (tertiary/aromatic N) is 2. The van der Waals surface area contributed by atoms with E-state index in [-0.39, 0.29) is 23.7 Å². The minimum atomic E-state index is -0.258. The Hall–Kier alpha value is -2.99.